The molecule has 0 radical (unpaired) electrons. The summed E-state index contributed by atoms with van der Waals surface area (Å²) in [4.78, 5) is 11.2. The molecule has 0 spiro atoms. The van der Waals surface area contributed by atoms with Crippen LogP contribution in [0.4, 0.5) is 5.69 Å². The van der Waals surface area contributed by atoms with Gasteiger partial charge in [0.25, 0.3) is 5.69 Å². The Labute approximate surface area is 112 Å². The molecule has 1 aromatic rings. The van der Waals surface area contributed by atoms with Gasteiger partial charge in [0.2, 0.25) is 0 Å². The van der Waals surface area contributed by atoms with E-state index in [1.54, 1.807) is 23.9 Å². The van der Waals surface area contributed by atoms with Crippen LogP contribution in [0.5, 0.6) is 0 Å². The van der Waals surface area contributed by atoms with E-state index in [1.807, 2.05) is 19.2 Å². The molecule has 0 saturated heterocycles. The second kappa shape index (κ2) is 8.11. The maximum Gasteiger partial charge on any atom is 0.269 e. The maximum atomic E-state index is 10.5. The zero-order valence-corrected chi connectivity index (χ0v) is 11.7. The SMILES string of the molecule is CCC(CCCSc1ccc([N+](=O)[O-])cc1)NC. The monoisotopic (exact) mass is 268 g/mol. The topological polar surface area (TPSA) is 55.2 Å². The Morgan fingerprint density at radius 2 is 2.06 bits per heavy atom. The summed E-state index contributed by atoms with van der Waals surface area (Å²) in [7, 11) is 2.00. The molecule has 0 saturated carbocycles. The van der Waals surface area contributed by atoms with E-state index in [-0.39, 0.29) is 10.6 Å². The Kier molecular flexibility index (Phi) is 6.75. The minimum atomic E-state index is -0.368. The number of rotatable bonds is 8. The summed E-state index contributed by atoms with van der Waals surface area (Å²) in [5.74, 6) is 1.05. The van der Waals surface area contributed by atoms with Crippen LogP contribution in [0.25, 0.3) is 0 Å². The van der Waals surface area contributed by atoms with Gasteiger partial charge in [-0.05, 0) is 44.2 Å². The molecule has 1 atom stereocenters. The molecule has 0 aliphatic carbocycles. The molecule has 1 unspecified atom stereocenters. The van der Waals surface area contributed by atoms with E-state index in [4.69, 9.17) is 0 Å². The second-order valence-corrected chi connectivity index (χ2v) is 5.30. The van der Waals surface area contributed by atoms with E-state index < -0.39 is 0 Å². The first kappa shape index (κ1) is 15.0. The lowest BCUT2D eigenvalue weighted by molar-refractivity contribution is -0.384. The van der Waals surface area contributed by atoms with Crippen LogP contribution in [0.15, 0.2) is 29.2 Å². The number of hydrogen-bond acceptors (Lipinski definition) is 4. The molecule has 0 aromatic heterocycles. The van der Waals surface area contributed by atoms with Crippen LogP contribution < -0.4 is 5.32 Å². The Morgan fingerprint density at radius 3 is 2.56 bits per heavy atom. The highest BCUT2D eigenvalue weighted by Gasteiger charge is 2.05. The first-order valence-corrected chi connectivity index (χ1v) is 7.20. The third kappa shape index (κ3) is 5.06. The molecular formula is C13H20N2O2S. The van der Waals surface area contributed by atoms with E-state index in [9.17, 15) is 10.1 Å². The lowest BCUT2D eigenvalue weighted by atomic mass is 10.1. The van der Waals surface area contributed by atoms with Crippen LogP contribution in [-0.2, 0) is 0 Å². The average molecular weight is 268 g/mol. The number of thioether (sulfide) groups is 1. The van der Waals surface area contributed by atoms with Gasteiger partial charge in [-0.1, -0.05) is 6.92 Å². The van der Waals surface area contributed by atoms with Gasteiger partial charge in [0.05, 0.1) is 4.92 Å². The second-order valence-electron chi connectivity index (χ2n) is 4.14. The van der Waals surface area contributed by atoms with Gasteiger partial charge in [-0.3, -0.25) is 10.1 Å². The number of benzene rings is 1. The molecule has 1 aromatic carbocycles. The molecular weight excluding hydrogens is 248 g/mol. The van der Waals surface area contributed by atoms with E-state index in [0.29, 0.717) is 6.04 Å². The van der Waals surface area contributed by atoms with Crippen molar-refractivity contribution in [1.29, 1.82) is 0 Å². The predicted molar refractivity (Wildman–Crippen MR) is 76.2 cm³/mol. The van der Waals surface area contributed by atoms with Crippen LogP contribution in [0.2, 0.25) is 0 Å². The fourth-order valence-electron chi connectivity index (χ4n) is 1.74. The summed E-state index contributed by atoms with van der Waals surface area (Å²) >= 11 is 1.75. The van der Waals surface area contributed by atoms with Gasteiger partial charge in [0, 0.05) is 23.1 Å². The van der Waals surface area contributed by atoms with Gasteiger partial charge in [-0.15, -0.1) is 11.8 Å². The Bertz CT molecular complexity index is 364. The van der Waals surface area contributed by atoms with E-state index >= 15 is 0 Å². The molecule has 5 heteroatoms. The molecule has 0 aliphatic rings. The van der Waals surface area contributed by atoms with Crippen LogP contribution in [0.3, 0.4) is 0 Å². The van der Waals surface area contributed by atoms with Crippen molar-refractivity contribution >= 4 is 17.4 Å². The molecule has 0 aliphatic heterocycles. The minimum Gasteiger partial charge on any atom is -0.317 e. The van der Waals surface area contributed by atoms with Crippen molar-refractivity contribution in [2.75, 3.05) is 12.8 Å². The predicted octanol–water partition coefficient (Wildman–Crippen LogP) is 3.47. The highest BCUT2D eigenvalue weighted by molar-refractivity contribution is 7.99. The zero-order valence-electron chi connectivity index (χ0n) is 10.9. The quantitative estimate of drug-likeness (QED) is 0.339. The number of nitrogens with one attached hydrogen (secondary N) is 1. The van der Waals surface area contributed by atoms with Crippen molar-refractivity contribution in [3.63, 3.8) is 0 Å². The molecule has 0 heterocycles. The van der Waals surface area contributed by atoms with Crippen LogP contribution in [0, 0.1) is 10.1 Å². The summed E-state index contributed by atoms with van der Waals surface area (Å²) in [6.07, 6.45) is 3.48. The standard InChI is InChI=1S/C13H20N2O2S/c1-3-11(14-2)5-4-10-18-13-8-6-12(7-9-13)15(16)17/h6-9,11,14H,3-5,10H2,1-2H3. The normalized spacial score (nSPS) is 12.3. The smallest absolute Gasteiger partial charge is 0.269 e. The number of nitro groups is 1. The summed E-state index contributed by atoms with van der Waals surface area (Å²) in [5.41, 5.74) is 0.153. The van der Waals surface area contributed by atoms with Gasteiger partial charge >= 0.3 is 0 Å². The Hall–Kier alpha value is -1.07. The summed E-state index contributed by atoms with van der Waals surface area (Å²) in [6.45, 7) is 2.19. The Balaban J connectivity index is 2.29. The molecule has 18 heavy (non-hydrogen) atoms. The van der Waals surface area contributed by atoms with Gasteiger partial charge in [-0.2, -0.15) is 0 Å². The molecule has 1 rings (SSSR count). The lowest BCUT2D eigenvalue weighted by Crippen LogP contribution is -2.23. The van der Waals surface area contributed by atoms with E-state index in [2.05, 4.69) is 12.2 Å². The average Bonchev–Trinajstić information content (AvgIpc) is 2.39. The molecule has 1 N–H and O–H groups in total. The third-order valence-corrected chi connectivity index (χ3v) is 4.01. The summed E-state index contributed by atoms with van der Waals surface area (Å²) in [6, 6.07) is 7.36. The number of non-ortho nitro benzene ring substituents is 1. The van der Waals surface area contributed by atoms with Crippen molar-refractivity contribution < 1.29 is 4.92 Å². The van der Waals surface area contributed by atoms with Crippen LogP contribution in [0.1, 0.15) is 26.2 Å². The molecule has 0 fully saturated rings. The maximum absolute atomic E-state index is 10.5. The van der Waals surface area contributed by atoms with Crippen molar-refractivity contribution in [2.24, 2.45) is 0 Å². The van der Waals surface area contributed by atoms with Crippen molar-refractivity contribution in [2.45, 2.75) is 37.1 Å². The zero-order chi connectivity index (χ0) is 13.4. The number of nitro benzene ring substituents is 1. The highest BCUT2D eigenvalue weighted by atomic mass is 32.2. The third-order valence-electron chi connectivity index (χ3n) is 2.91. The largest absolute Gasteiger partial charge is 0.317 e. The van der Waals surface area contributed by atoms with E-state index in [0.717, 1.165) is 23.5 Å². The number of hydrogen-bond donors (Lipinski definition) is 1. The van der Waals surface area contributed by atoms with Crippen molar-refractivity contribution in [3.05, 3.63) is 34.4 Å². The van der Waals surface area contributed by atoms with Crippen molar-refractivity contribution in [1.82, 2.24) is 5.32 Å². The van der Waals surface area contributed by atoms with Crippen LogP contribution in [-0.4, -0.2) is 23.8 Å². The van der Waals surface area contributed by atoms with E-state index in [1.165, 1.54) is 6.42 Å². The fourth-order valence-corrected chi connectivity index (χ4v) is 2.61. The van der Waals surface area contributed by atoms with Gasteiger partial charge in [0.15, 0.2) is 0 Å². The summed E-state index contributed by atoms with van der Waals surface area (Å²) in [5, 5.41) is 13.8. The van der Waals surface area contributed by atoms with Gasteiger partial charge < -0.3 is 5.32 Å². The fraction of sp³-hybridized carbons (Fsp3) is 0.538. The molecule has 0 bridgehead atoms. The van der Waals surface area contributed by atoms with Gasteiger partial charge in [-0.25, -0.2) is 0 Å². The Morgan fingerprint density at radius 1 is 1.39 bits per heavy atom. The molecule has 100 valence electrons. The first-order valence-electron chi connectivity index (χ1n) is 6.22. The van der Waals surface area contributed by atoms with Crippen LogP contribution >= 0.6 is 11.8 Å². The summed E-state index contributed by atoms with van der Waals surface area (Å²) < 4.78 is 0. The number of nitrogens with zero attached hydrogens (tertiary/aromatic N) is 1. The lowest BCUT2D eigenvalue weighted by Gasteiger charge is -2.12. The minimum absolute atomic E-state index is 0.153. The van der Waals surface area contributed by atoms with Crippen molar-refractivity contribution in [3.8, 4) is 0 Å². The molecule has 4 nitrogen and oxygen atoms in total. The molecule has 0 amide bonds. The van der Waals surface area contributed by atoms with Gasteiger partial charge in [0.1, 0.15) is 0 Å². The highest BCUT2D eigenvalue weighted by Crippen LogP contribution is 2.22. The first-order chi connectivity index (χ1) is 8.67.